The molecule has 0 heterocycles. The molecule has 1 aliphatic carbocycles. The average molecular weight is 281 g/mol. The minimum Gasteiger partial charge on any atom is -0.293 e. The van der Waals surface area contributed by atoms with E-state index in [1.807, 2.05) is 0 Å². The number of fused-ring (bicyclic) bond motifs is 1. The lowest BCUT2D eigenvalue weighted by molar-refractivity contribution is 0.0977. The number of aryl methyl sites for hydroxylation is 1. The van der Waals surface area contributed by atoms with E-state index in [1.54, 1.807) is 0 Å². The highest BCUT2D eigenvalue weighted by molar-refractivity contribution is 9.10. The lowest BCUT2D eigenvalue weighted by Crippen LogP contribution is -2.26. The van der Waals surface area contributed by atoms with Crippen molar-refractivity contribution in [2.75, 3.05) is 0 Å². The maximum absolute atomic E-state index is 12.1. The predicted octanol–water partition coefficient (Wildman–Crippen LogP) is 4.07. The summed E-state index contributed by atoms with van der Waals surface area (Å²) in [4.78, 5) is 12.1. The minimum absolute atomic E-state index is 0.00324. The van der Waals surface area contributed by atoms with Gasteiger partial charge in [-0.15, -0.1) is 0 Å². The van der Waals surface area contributed by atoms with Crippen LogP contribution in [-0.4, -0.2) is 10.6 Å². The quantitative estimate of drug-likeness (QED) is 0.655. The number of hydrogen-bond acceptors (Lipinski definition) is 1. The summed E-state index contributed by atoms with van der Waals surface area (Å²) in [7, 11) is 0. The smallest absolute Gasteiger partial charge is 0.176 e. The van der Waals surface area contributed by atoms with Crippen LogP contribution in [0.4, 0.5) is 0 Å². The van der Waals surface area contributed by atoms with Gasteiger partial charge in [0.05, 0.1) is 4.83 Å². The summed E-state index contributed by atoms with van der Waals surface area (Å²) >= 11 is 3.48. The molecule has 2 unspecified atom stereocenters. The average Bonchev–Trinajstić information content (AvgIpc) is 2.22. The molecular formula is C14H17BrO. The molecule has 0 saturated heterocycles. The second kappa shape index (κ2) is 3.99. The van der Waals surface area contributed by atoms with Crippen molar-refractivity contribution in [3.63, 3.8) is 0 Å². The molecule has 1 aromatic carbocycles. The van der Waals surface area contributed by atoms with Gasteiger partial charge in [0.2, 0.25) is 0 Å². The van der Waals surface area contributed by atoms with E-state index in [2.05, 4.69) is 49.7 Å². The van der Waals surface area contributed by atoms with Crippen LogP contribution in [0.5, 0.6) is 0 Å². The number of benzene rings is 1. The van der Waals surface area contributed by atoms with E-state index in [9.17, 15) is 4.79 Å². The molecule has 86 valence electrons. The maximum Gasteiger partial charge on any atom is 0.176 e. The van der Waals surface area contributed by atoms with Gasteiger partial charge in [0.25, 0.3) is 0 Å². The topological polar surface area (TPSA) is 17.1 Å². The number of halogens is 1. The number of alkyl halides is 1. The summed E-state index contributed by atoms with van der Waals surface area (Å²) in [6, 6.07) is 2.06. The molecular weight excluding hydrogens is 264 g/mol. The van der Waals surface area contributed by atoms with Crippen molar-refractivity contribution in [3.8, 4) is 0 Å². The first-order valence-corrected chi connectivity index (χ1v) is 6.64. The first-order chi connectivity index (χ1) is 7.43. The minimum atomic E-state index is -0.00324. The van der Waals surface area contributed by atoms with E-state index in [1.165, 1.54) is 22.3 Å². The highest BCUT2D eigenvalue weighted by Gasteiger charge is 2.31. The Kier molecular flexibility index (Phi) is 2.95. The number of carbonyl (C=O) groups is 1. The molecule has 0 amide bonds. The zero-order chi connectivity index (χ0) is 12.0. The summed E-state index contributed by atoms with van der Waals surface area (Å²) in [5.41, 5.74) is 6.05. The van der Waals surface area contributed by atoms with E-state index in [-0.39, 0.29) is 10.6 Å². The highest BCUT2D eigenvalue weighted by atomic mass is 79.9. The second-order valence-corrected chi connectivity index (χ2v) is 5.98. The third-order valence-corrected chi connectivity index (χ3v) is 4.60. The Labute approximate surface area is 105 Å². The molecule has 1 aromatic rings. The molecule has 0 aromatic heterocycles. The van der Waals surface area contributed by atoms with Crippen LogP contribution in [-0.2, 0) is 0 Å². The van der Waals surface area contributed by atoms with Crippen LogP contribution in [0.25, 0.3) is 0 Å². The fourth-order valence-corrected chi connectivity index (χ4v) is 3.45. The first-order valence-electron chi connectivity index (χ1n) is 5.72. The molecule has 0 spiro atoms. The van der Waals surface area contributed by atoms with E-state index in [0.29, 0.717) is 5.92 Å². The van der Waals surface area contributed by atoms with Gasteiger partial charge in [0.15, 0.2) is 5.78 Å². The Morgan fingerprint density at radius 1 is 1.25 bits per heavy atom. The van der Waals surface area contributed by atoms with Crippen molar-refractivity contribution < 1.29 is 4.79 Å². The fourth-order valence-electron chi connectivity index (χ4n) is 2.65. The first kappa shape index (κ1) is 11.8. The Morgan fingerprint density at radius 3 is 2.50 bits per heavy atom. The summed E-state index contributed by atoms with van der Waals surface area (Å²) in [6.07, 6.45) is 0.912. The molecule has 0 bridgehead atoms. The van der Waals surface area contributed by atoms with Crippen molar-refractivity contribution in [2.45, 2.75) is 44.9 Å². The zero-order valence-corrected chi connectivity index (χ0v) is 11.8. The van der Waals surface area contributed by atoms with Crippen LogP contribution in [0, 0.1) is 20.8 Å². The Bertz CT molecular complexity index is 462. The van der Waals surface area contributed by atoms with Gasteiger partial charge in [0.1, 0.15) is 0 Å². The van der Waals surface area contributed by atoms with E-state index >= 15 is 0 Å². The van der Waals surface area contributed by atoms with Crippen molar-refractivity contribution in [1.82, 2.24) is 0 Å². The fraction of sp³-hybridized carbons (Fsp3) is 0.500. The molecule has 0 aliphatic heterocycles. The number of ketones is 1. The summed E-state index contributed by atoms with van der Waals surface area (Å²) in [5, 5.41) is 0. The molecule has 0 N–H and O–H groups in total. The SMILES string of the molecule is Cc1cc2c(c(C)c1C)C(C)CC(Br)C2=O. The van der Waals surface area contributed by atoms with Crippen LogP contribution in [0.1, 0.15) is 51.9 Å². The van der Waals surface area contributed by atoms with E-state index in [4.69, 9.17) is 0 Å². The summed E-state index contributed by atoms with van der Waals surface area (Å²) in [5.74, 6) is 0.718. The zero-order valence-electron chi connectivity index (χ0n) is 10.2. The number of hydrogen-bond donors (Lipinski definition) is 0. The molecule has 2 atom stereocenters. The lowest BCUT2D eigenvalue weighted by Gasteiger charge is -2.28. The largest absolute Gasteiger partial charge is 0.293 e. The summed E-state index contributed by atoms with van der Waals surface area (Å²) in [6.45, 7) is 8.57. The van der Waals surface area contributed by atoms with Crippen LogP contribution >= 0.6 is 15.9 Å². The van der Waals surface area contributed by atoms with Gasteiger partial charge in [-0.05, 0) is 61.4 Å². The van der Waals surface area contributed by atoms with Crippen molar-refractivity contribution in [1.29, 1.82) is 0 Å². The third kappa shape index (κ3) is 1.64. The summed E-state index contributed by atoms with van der Waals surface area (Å²) < 4.78 is 0. The van der Waals surface area contributed by atoms with Gasteiger partial charge in [0, 0.05) is 5.56 Å². The molecule has 1 aliphatic rings. The molecule has 0 saturated carbocycles. The third-order valence-electron chi connectivity index (χ3n) is 3.81. The Balaban J connectivity index is 2.72. The van der Waals surface area contributed by atoms with E-state index < -0.39 is 0 Å². The molecule has 1 nitrogen and oxygen atoms in total. The van der Waals surface area contributed by atoms with Gasteiger partial charge in [-0.1, -0.05) is 22.9 Å². The van der Waals surface area contributed by atoms with Gasteiger partial charge in [-0.3, -0.25) is 4.79 Å². The molecule has 0 radical (unpaired) electrons. The van der Waals surface area contributed by atoms with E-state index in [0.717, 1.165) is 12.0 Å². The van der Waals surface area contributed by atoms with Gasteiger partial charge < -0.3 is 0 Å². The highest BCUT2D eigenvalue weighted by Crippen LogP contribution is 2.38. The van der Waals surface area contributed by atoms with Crippen molar-refractivity contribution >= 4 is 21.7 Å². The van der Waals surface area contributed by atoms with Crippen LogP contribution in [0.15, 0.2) is 6.07 Å². The lowest BCUT2D eigenvalue weighted by atomic mass is 9.78. The number of carbonyl (C=O) groups excluding carboxylic acids is 1. The molecule has 0 fully saturated rings. The Hall–Kier alpha value is -0.630. The molecule has 16 heavy (non-hydrogen) atoms. The molecule has 2 rings (SSSR count). The number of rotatable bonds is 0. The normalized spacial score (nSPS) is 24.4. The second-order valence-electron chi connectivity index (χ2n) is 4.87. The van der Waals surface area contributed by atoms with Gasteiger partial charge in [-0.2, -0.15) is 0 Å². The van der Waals surface area contributed by atoms with Gasteiger partial charge in [-0.25, -0.2) is 0 Å². The predicted molar refractivity (Wildman–Crippen MR) is 70.7 cm³/mol. The molecule has 2 heteroatoms. The van der Waals surface area contributed by atoms with Crippen LogP contribution in [0.2, 0.25) is 0 Å². The maximum atomic E-state index is 12.1. The Morgan fingerprint density at radius 2 is 1.88 bits per heavy atom. The van der Waals surface area contributed by atoms with Crippen molar-refractivity contribution in [3.05, 3.63) is 33.9 Å². The van der Waals surface area contributed by atoms with Gasteiger partial charge >= 0.3 is 0 Å². The van der Waals surface area contributed by atoms with Crippen LogP contribution < -0.4 is 0 Å². The van der Waals surface area contributed by atoms with Crippen LogP contribution in [0.3, 0.4) is 0 Å². The number of Topliss-reactive ketones (excluding diaryl/α,β-unsaturated/α-hetero) is 1. The monoisotopic (exact) mass is 280 g/mol. The standard InChI is InChI=1S/C14H17BrO/c1-7-5-11-13(10(4)9(7)3)8(2)6-12(15)14(11)16/h5,8,12H,6H2,1-4H3. The van der Waals surface area contributed by atoms with Crippen molar-refractivity contribution in [2.24, 2.45) is 0 Å².